The SMILES string of the molecule is C=C[CH-]CCC(C)(C)C.[Li+]. The van der Waals surface area contributed by atoms with Crippen LogP contribution in [-0.2, 0) is 0 Å². The van der Waals surface area contributed by atoms with Crippen molar-refractivity contribution in [2.45, 2.75) is 33.6 Å². The van der Waals surface area contributed by atoms with E-state index in [4.69, 9.17) is 0 Å². The Morgan fingerprint density at radius 2 is 1.90 bits per heavy atom. The number of hydrogen-bond donors (Lipinski definition) is 0. The normalized spacial score (nSPS) is 9.90. The monoisotopic (exact) mass is 132 g/mol. The molecule has 10 heavy (non-hydrogen) atoms. The molecule has 0 aliphatic carbocycles. The third kappa shape index (κ3) is 11.1. The minimum atomic E-state index is 0. The Morgan fingerprint density at radius 3 is 2.20 bits per heavy atom. The van der Waals surface area contributed by atoms with Gasteiger partial charge in [0.2, 0.25) is 0 Å². The minimum absolute atomic E-state index is 0. The summed E-state index contributed by atoms with van der Waals surface area (Å²) in [6.45, 7) is 10.4. The van der Waals surface area contributed by atoms with E-state index >= 15 is 0 Å². The van der Waals surface area contributed by atoms with Crippen molar-refractivity contribution in [3.63, 3.8) is 0 Å². The largest absolute Gasteiger partial charge is 1.00 e. The van der Waals surface area contributed by atoms with Crippen LogP contribution in [0.15, 0.2) is 12.7 Å². The van der Waals surface area contributed by atoms with Gasteiger partial charge in [0.15, 0.2) is 0 Å². The minimum Gasteiger partial charge on any atom is -0.245 e. The second-order valence-electron chi connectivity index (χ2n) is 3.57. The van der Waals surface area contributed by atoms with Gasteiger partial charge >= 0.3 is 18.9 Å². The molecule has 0 aromatic rings. The van der Waals surface area contributed by atoms with Gasteiger partial charge in [0.1, 0.15) is 0 Å². The number of allylic oxidation sites excluding steroid dienone is 1. The summed E-state index contributed by atoms with van der Waals surface area (Å²) in [6, 6.07) is 0. The van der Waals surface area contributed by atoms with Crippen molar-refractivity contribution in [1.29, 1.82) is 0 Å². The third-order valence-electron chi connectivity index (χ3n) is 1.23. The molecule has 0 radical (unpaired) electrons. The zero-order valence-corrected chi connectivity index (χ0v) is 7.78. The Bertz CT molecular complexity index is 79.2. The van der Waals surface area contributed by atoms with E-state index in [-0.39, 0.29) is 18.9 Å². The molecule has 0 aromatic heterocycles. The van der Waals surface area contributed by atoms with Gasteiger partial charge in [-0.1, -0.05) is 27.2 Å². The van der Waals surface area contributed by atoms with Crippen LogP contribution in [0, 0.1) is 11.8 Å². The van der Waals surface area contributed by atoms with Crippen LogP contribution in [0.3, 0.4) is 0 Å². The third-order valence-corrected chi connectivity index (χ3v) is 1.23. The molecule has 0 spiro atoms. The molecule has 0 heterocycles. The molecular formula is C9H17Li. The second-order valence-corrected chi connectivity index (χ2v) is 3.57. The van der Waals surface area contributed by atoms with E-state index in [1.54, 1.807) is 0 Å². The maximum absolute atomic E-state index is 3.62. The van der Waals surface area contributed by atoms with Crippen molar-refractivity contribution in [1.82, 2.24) is 0 Å². The molecule has 0 aromatic carbocycles. The summed E-state index contributed by atoms with van der Waals surface area (Å²) in [7, 11) is 0. The van der Waals surface area contributed by atoms with Crippen LogP contribution in [0.25, 0.3) is 0 Å². The first-order valence-electron chi connectivity index (χ1n) is 3.50. The first-order valence-corrected chi connectivity index (χ1v) is 3.50. The van der Waals surface area contributed by atoms with E-state index in [2.05, 4.69) is 33.8 Å². The Morgan fingerprint density at radius 1 is 1.40 bits per heavy atom. The smallest absolute Gasteiger partial charge is 0.245 e. The Hall–Kier alpha value is 0.207. The summed E-state index contributed by atoms with van der Waals surface area (Å²) in [5.41, 5.74) is 0.472. The van der Waals surface area contributed by atoms with Crippen molar-refractivity contribution in [3.05, 3.63) is 19.1 Å². The maximum atomic E-state index is 3.62. The molecule has 0 aliphatic heterocycles. The van der Waals surface area contributed by atoms with Gasteiger partial charge in [0, 0.05) is 0 Å². The van der Waals surface area contributed by atoms with Crippen molar-refractivity contribution in [3.8, 4) is 0 Å². The van der Waals surface area contributed by atoms with Crippen LogP contribution in [0.4, 0.5) is 0 Å². The summed E-state index contributed by atoms with van der Waals surface area (Å²) >= 11 is 0. The number of hydrogen-bond acceptors (Lipinski definition) is 0. The van der Waals surface area contributed by atoms with Crippen molar-refractivity contribution in [2.75, 3.05) is 0 Å². The predicted molar refractivity (Wildman–Crippen MR) is 43.2 cm³/mol. The Kier molecular flexibility index (Phi) is 7.65. The van der Waals surface area contributed by atoms with Gasteiger partial charge in [0.25, 0.3) is 0 Å². The van der Waals surface area contributed by atoms with E-state index < -0.39 is 0 Å². The average Bonchev–Trinajstić information content (AvgIpc) is 1.63. The fourth-order valence-corrected chi connectivity index (χ4v) is 0.634. The van der Waals surface area contributed by atoms with Crippen LogP contribution in [0.2, 0.25) is 0 Å². The van der Waals surface area contributed by atoms with E-state index in [0.29, 0.717) is 5.41 Å². The Labute approximate surface area is 77.3 Å². The average molecular weight is 132 g/mol. The molecule has 0 amide bonds. The number of rotatable bonds is 3. The first kappa shape index (κ1) is 12.8. The molecule has 0 N–H and O–H groups in total. The Balaban J connectivity index is 0. The van der Waals surface area contributed by atoms with Gasteiger partial charge in [-0.15, -0.1) is 6.42 Å². The molecule has 0 nitrogen and oxygen atoms in total. The molecule has 0 atom stereocenters. The standard InChI is InChI=1S/C9H17.Li/c1-5-6-7-8-9(2,3)4;/h5-6H,1,7-8H2,2-4H3;/q-1;+1. The van der Waals surface area contributed by atoms with Gasteiger partial charge < -0.3 is 0 Å². The molecule has 54 valence electrons. The van der Waals surface area contributed by atoms with Gasteiger partial charge in [-0.05, 0) is 5.41 Å². The molecule has 0 fully saturated rings. The zero-order chi connectivity index (χ0) is 7.33. The number of unbranched alkanes of at least 4 members (excludes halogenated alkanes) is 1. The van der Waals surface area contributed by atoms with Crippen LogP contribution in [0.1, 0.15) is 33.6 Å². The molecular weight excluding hydrogens is 115 g/mol. The zero-order valence-electron chi connectivity index (χ0n) is 7.78. The fraction of sp³-hybridized carbons (Fsp3) is 0.667. The maximum Gasteiger partial charge on any atom is 1.00 e. The van der Waals surface area contributed by atoms with E-state index in [9.17, 15) is 0 Å². The van der Waals surface area contributed by atoms with Gasteiger partial charge in [-0.25, -0.2) is 19.1 Å². The predicted octanol–water partition coefficient (Wildman–Crippen LogP) is 0.207. The second kappa shape index (κ2) is 5.95. The summed E-state index contributed by atoms with van der Waals surface area (Å²) in [5, 5.41) is 0. The van der Waals surface area contributed by atoms with E-state index in [1.807, 2.05) is 6.08 Å². The molecule has 0 bridgehead atoms. The summed E-state index contributed by atoms with van der Waals surface area (Å²) in [5.74, 6) is 0. The summed E-state index contributed by atoms with van der Waals surface area (Å²) in [4.78, 5) is 0. The molecule has 1 heteroatoms. The summed E-state index contributed by atoms with van der Waals surface area (Å²) in [6.07, 6.45) is 6.39. The quantitative estimate of drug-likeness (QED) is 0.292. The van der Waals surface area contributed by atoms with E-state index in [0.717, 1.165) is 6.42 Å². The van der Waals surface area contributed by atoms with Crippen LogP contribution < -0.4 is 18.9 Å². The molecule has 0 rings (SSSR count). The van der Waals surface area contributed by atoms with Gasteiger partial charge in [-0.2, -0.15) is 0 Å². The molecule has 0 unspecified atom stereocenters. The molecule has 0 aliphatic rings. The van der Waals surface area contributed by atoms with Crippen molar-refractivity contribution >= 4 is 0 Å². The first-order chi connectivity index (χ1) is 4.06. The fourth-order valence-electron chi connectivity index (χ4n) is 0.634. The molecule has 0 saturated carbocycles. The van der Waals surface area contributed by atoms with Crippen LogP contribution in [0.5, 0.6) is 0 Å². The van der Waals surface area contributed by atoms with E-state index in [1.165, 1.54) is 6.42 Å². The van der Waals surface area contributed by atoms with Gasteiger partial charge in [-0.3, -0.25) is 0 Å². The van der Waals surface area contributed by atoms with Crippen LogP contribution in [-0.4, -0.2) is 0 Å². The van der Waals surface area contributed by atoms with Crippen molar-refractivity contribution < 1.29 is 18.9 Å². The van der Waals surface area contributed by atoms with Gasteiger partial charge in [0.05, 0.1) is 0 Å². The summed E-state index contributed by atoms with van der Waals surface area (Å²) < 4.78 is 0. The van der Waals surface area contributed by atoms with Crippen molar-refractivity contribution in [2.24, 2.45) is 5.41 Å². The topological polar surface area (TPSA) is 0 Å². The van der Waals surface area contributed by atoms with Crippen LogP contribution >= 0.6 is 0 Å². The molecule has 0 saturated heterocycles.